The summed E-state index contributed by atoms with van der Waals surface area (Å²) in [6, 6.07) is 12.7. The molecule has 1 aromatic carbocycles. The van der Waals surface area contributed by atoms with Crippen LogP contribution in [0.1, 0.15) is 36.9 Å². The van der Waals surface area contributed by atoms with Gasteiger partial charge in [0.2, 0.25) is 0 Å². The van der Waals surface area contributed by atoms with Crippen molar-refractivity contribution in [2.24, 2.45) is 0 Å². The van der Waals surface area contributed by atoms with Crippen molar-refractivity contribution in [1.82, 2.24) is 5.32 Å². The molecule has 2 aromatic rings. The van der Waals surface area contributed by atoms with Crippen molar-refractivity contribution in [2.75, 3.05) is 6.54 Å². The maximum Gasteiger partial charge on any atom is 0.197 e. The number of benzene rings is 1. The fourth-order valence-corrected chi connectivity index (χ4v) is 2.44. The normalized spacial score (nSPS) is 12.5. The molecule has 3 heteroatoms. The van der Waals surface area contributed by atoms with Crippen LogP contribution in [0, 0.1) is 0 Å². The van der Waals surface area contributed by atoms with Gasteiger partial charge in [-0.15, -0.1) is 0 Å². The lowest BCUT2D eigenvalue weighted by molar-refractivity contribution is 0.489. The lowest BCUT2D eigenvalue weighted by Gasteiger charge is -2.17. The highest BCUT2D eigenvalue weighted by molar-refractivity contribution is 6.29. The van der Waals surface area contributed by atoms with Crippen LogP contribution in [0.25, 0.3) is 0 Å². The van der Waals surface area contributed by atoms with E-state index < -0.39 is 0 Å². The minimum absolute atomic E-state index is 0.256. The largest absolute Gasteiger partial charge is 0.453 e. The minimum atomic E-state index is 0.256. The van der Waals surface area contributed by atoms with Crippen molar-refractivity contribution in [3.8, 4) is 0 Å². The number of rotatable bonds is 7. The van der Waals surface area contributed by atoms with Crippen LogP contribution >= 0.6 is 11.6 Å². The average Bonchev–Trinajstić information content (AvgIpc) is 2.86. The first-order valence-electron chi connectivity index (χ1n) is 6.81. The SMILES string of the molecule is CCCNC(CCc1ccccc1)c1ccoc1Cl. The summed E-state index contributed by atoms with van der Waals surface area (Å²) >= 11 is 6.09. The first-order valence-corrected chi connectivity index (χ1v) is 7.19. The predicted octanol–water partition coefficient (Wildman–Crippen LogP) is 4.61. The maximum absolute atomic E-state index is 6.09. The third kappa shape index (κ3) is 4.12. The summed E-state index contributed by atoms with van der Waals surface area (Å²) in [7, 11) is 0. The zero-order valence-corrected chi connectivity index (χ0v) is 12.0. The van der Waals surface area contributed by atoms with E-state index in [0.29, 0.717) is 5.22 Å². The Labute approximate surface area is 119 Å². The summed E-state index contributed by atoms with van der Waals surface area (Å²) < 4.78 is 5.20. The van der Waals surface area contributed by atoms with Crippen LogP contribution < -0.4 is 5.32 Å². The summed E-state index contributed by atoms with van der Waals surface area (Å²) in [4.78, 5) is 0. The van der Waals surface area contributed by atoms with E-state index in [0.717, 1.165) is 31.4 Å². The Hall–Kier alpha value is -1.25. The van der Waals surface area contributed by atoms with Crippen LogP contribution in [0.5, 0.6) is 0 Å². The molecule has 0 radical (unpaired) electrons. The van der Waals surface area contributed by atoms with Crippen LogP contribution in [0.3, 0.4) is 0 Å². The molecule has 0 aliphatic rings. The summed E-state index contributed by atoms with van der Waals surface area (Å²) in [5.41, 5.74) is 2.41. The van der Waals surface area contributed by atoms with Gasteiger partial charge < -0.3 is 9.73 Å². The Kier molecular flexibility index (Phi) is 5.49. The molecular formula is C16H20ClNO. The molecule has 0 spiro atoms. The van der Waals surface area contributed by atoms with Gasteiger partial charge in [0, 0.05) is 11.6 Å². The predicted molar refractivity (Wildman–Crippen MR) is 79.5 cm³/mol. The monoisotopic (exact) mass is 277 g/mol. The van der Waals surface area contributed by atoms with Gasteiger partial charge in [-0.25, -0.2) is 0 Å². The Morgan fingerprint density at radius 1 is 1.21 bits per heavy atom. The van der Waals surface area contributed by atoms with Gasteiger partial charge in [-0.2, -0.15) is 0 Å². The van der Waals surface area contributed by atoms with E-state index in [1.165, 1.54) is 5.56 Å². The molecule has 0 aliphatic carbocycles. The fourth-order valence-electron chi connectivity index (χ4n) is 2.20. The maximum atomic E-state index is 6.09. The Bertz CT molecular complexity index is 481. The van der Waals surface area contributed by atoms with Gasteiger partial charge in [0.15, 0.2) is 5.22 Å². The summed E-state index contributed by atoms with van der Waals surface area (Å²) in [6.45, 7) is 3.15. The van der Waals surface area contributed by atoms with Gasteiger partial charge in [-0.3, -0.25) is 0 Å². The van der Waals surface area contributed by atoms with Crippen LogP contribution in [-0.4, -0.2) is 6.54 Å². The first kappa shape index (κ1) is 14.2. The van der Waals surface area contributed by atoms with Crippen LogP contribution in [-0.2, 0) is 6.42 Å². The molecule has 1 N–H and O–H groups in total. The van der Waals surface area contributed by atoms with E-state index in [1.54, 1.807) is 6.26 Å². The van der Waals surface area contributed by atoms with E-state index >= 15 is 0 Å². The second-order valence-electron chi connectivity index (χ2n) is 4.68. The van der Waals surface area contributed by atoms with Crippen molar-refractivity contribution in [1.29, 1.82) is 0 Å². The van der Waals surface area contributed by atoms with Gasteiger partial charge in [0.25, 0.3) is 0 Å². The Morgan fingerprint density at radius 2 is 2.00 bits per heavy atom. The molecule has 1 aromatic heterocycles. The lowest BCUT2D eigenvalue weighted by atomic mass is 10.0. The minimum Gasteiger partial charge on any atom is -0.453 e. The quantitative estimate of drug-likeness (QED) is 0.800. The molecule has 2 rings (SSSR count). The summed E-state index contributed by atoms with van der Waals surface area (Å²) in [5.74, 6) is 0. The number of aryl methyl sites for hydroxylation is 1. The molecule has 2 nitrogen and oxygen atoms in total. The molecular weight excluding hydrogens is 258 g/mol. The third-order valence-corrected chi connectivity index (χ3v) is 3.53. The molecule has 1 atom stereocenters. The number of hydrogen-bond donors (Lipinski definition) is 1. The third-order valence-electron chi connectivity index (χ3n) is 3.23. The topological polar surface area (TPSA) is 25.2 Å². The first-order chi connectivity index (χ1) is 9.31. The van der Waals surface area contributed by atoms with Gasteiger partial charge in [-0.05, 0) is 49.0 Å². The molecule has 0 saturated heterocycles. The molecule has 0 amide bonds. The molecule has 19 heavy (non-hydrogen) atoms. The molecule has 0 saturated carbocycles. The highest BCUT2D eigenvalue weighted by Gasteiger charge is 2.16. The number of hydrogen-bond acceptors (Lipinski definition) is 2. The Morgan fingerprint density at radius 3 is 2.63 bits per heavy atom. The number of halogens is 1. The van der Waals surface area contributed by atoms with Gasteiger partial charge in [0.1, 0.15) is 0 Å². The van der Waals surface area contributed by atoms with Crippen LogP contribution in [0.2, 0.25) is 5.22 Å². The number of nitrogens with one attached hydrogen (secondary N) is 1. The highest BCUT2D eigenvalue weighted by atomic mass is 35.5. The molecule has 0 aliphatic heterocycles. The van der Waals surface area contributed by atoms with E-state index in [2.05, 4.69) is 36.5 Å². The van der Waals surface area contributed by atoms with Crippen molar-refractivity contribution >= 4 is 11.6 Å². The van der Waals surface area contributed by atoms with Crippen LogP contribution in [0.15, 0.2) is 47.1 Å². The Balaban J connectivity index is 2.00. The molecule has 102 valence electrons. The van der Waals surface area contributed by atoms with Gasteiger partial charge in [-0.1, -0.05) is 37.3 Å². The molecule has 1 heterocycles. The average molecular weight is 278 g/mol. The molecule has 1 unspecified atom stereocenters. The van der Waals surface area contributed by atoms with Crippen molar-refractivity contribution in [3.63, 3.8) is 0 Å². The fraction of sp³-hybridized carbons (Fsp3) is 0.375. The second kappa shape index (κ2) is 7.37. The van der Waals surface area contributed by atoms with Crippen LogP contribution in [0.4, 0.5) is 0 Å². The molecule has 0 bridgehead atoms. The summed E-state index contributed by atoms with van der Waals surface area (Å²) in [6.07, 6.45) is 4.81. The lowest BCUT2D eigenvalue weighted by Crippen LogP contribution is -2.22. The smallest absolute Gasteiger partial charge is 0.197 e. The van der Waals surface area contributed by atoms with Crippen molar-refractivity contribution in [2.45, 2.75) is 32.2 Å². The van der Waals surface area contributed by atoms with Gasteiger partial charge in [0.05, 0.1) is 6.26 Å². The second-order valence-corrected chi connectivity index (χ2v) is 5.02. The van der Waals surface area contributed by atoms with E-state index in [4.69, 9.17) is 16.0 Å². The molecule has 0 fully saturated rings. The van der Waals surface area contributed by atoms with Crippen molar-refractivity contribution in [3.05, 3.63) is 59.0 Å². The standard InChI is InChI=1S/C16H20ClNO/c1-2-11-18-15(14-10-12-19-16(14)17)9-8-13-6-4-3-5-7-13/h3-7,10,12,15,18H,2,8-9,11H2,1H3. The van der Waals surface area contributed by atoms with Crippen molar-refractivity contribution < 1.29 is 4.42 Å². The summed E-state index contributed by atoms with van der Waals surface area (Å²) in [5, 5.41) is 4.04. The van der Waals surface area contributed by atoms with Gasteiger partial charge >= 0.3 is 0 Å². The number of furan rings is 1. The zero-order chi connectivity index (χ0) is 13.5. The highest BCUT2D eigenvalue weighted by Crippen LogP contribution is 2.27. The van der Waals surface area contributed by atoms with E-state index in [9.17, 15) is 0 Å². The van der Waals surface area contributed by atoms with E-state index in [1.807, 2.05) is 12.1 Å². The zero-order valence-electron chi connectivity index (χ0n) is 11.2. The van der Waals surface area contributed by atoms with E-state index in [-0.39, 0.29) is 6.04 Å².